The highest BCUT2D eigenvalue weighted by atomic mass is 19.1. The third-order valence-corrected chi connectivity index (χ3v) is 5.11. The highest BCUT2D eigenvalue weighted by Gasteiger charge is 2.31. The summed E-state index contributed by atoms with van der Waals surface area (Å²) in [5, 5.41) is 5.33. The molecule has 0 atom stereocenters. The maximum Gasteiger partial charge on any atom is 0.323 e. The molecule has 3 N–H and O–H groups in total. The van der Waals surface area contributed by atoms with Crippen LogP contribution in [0.15, 0.2) is 41.3 Å². The molecule has 2 aromatic heterocycles. The summed E-state index contributed by atoms with van der Waals surface area (Å²) in [4.78, 5) is 46.0. The van der Waals surface area contributed by atoms with E-state index in [2.05, 4.69) is 20.6 Å². The Bertz CT molecular complexity index is 1250. The maximum absolute atomic E-state index is 14.2. The first-order valence-electron chi connectivity index (χ1n) is 9.54. The number of amides is 3. The van der Waals surface area contributed by atoms with Gasteiger partial charge in [-0.1, -0.05) is 6.07 Å². The molecular weight excluding hydrogens is 408 g/mol. The molecule has 1 aliphatic rings. The molecule has 3 amide bonds. The van der Waals surface area contributed by atoms with Gasteiger partial charge in [-0.2, -0.15) is 0 Å². The highest BCUT2D eigenvalue weighted by Crippen LogP contribution is 2.26. The van der Waals surface area contributed by atoms with Crippen molar-refractivity contribution in [1.82, 2.24) is 20.6 Å². The Labute approximate surface area is 175 Å². The molecule has 3 heterocycles. The summed E-state index contributed by atoms with van der Waals surface area (Å²) in [5.74, 6) is -2.04. The molecule has 0 aliphatic carbocycles. The molecule has 10 heteroatoms. The number of carbonyl (C=O) groups is 2. The lowest BCUT2D eigenvalue weighted by Gasteiger charge is -2.27. The van der Waals surface area contributed by atoms with Crippen LogP contribution in [0.3, 0.4) is 0 Å². The van der Waals surface area contributed by atoms with E-state index in [4.69, 9.17) is 0 Å². The first-order valence-corrected chi connectivity index (χ1v) is 9.54. The largest absolute Gasteiger partial charge is 0.345 e. The van der Waals surface area contributed by atoms with Crippen molar-refractivity contribution < 1.29 is 18.4 Å². The zero-order chi connectivity index (χ0) is 22.3. The van der Waals surface area contributed by atoms with Gasteiger partial charge in [0.15, 0.2) is 0 Å². The number of nitrogens with one attached hydrogen (secondary N) is 3. The second-order valence-electron chi connectivity index (χ2n) is 7.66. The quantitative estimate of drug-likeness (QED) is 0.594. The maximum atomic E-state index is 14.2. The lowest BCUT2D eigenvalue weighted by molar-refractivity contribution is 0.0908. The molecule has 1 saturated heterocycles. The number of anilines is 1. The van der Waals surface area contributed by atoms with Gasteiger partial charge in [0.05, 0.1) is 10.9 Å². The van der Waals surface area contributed by atoms with Crippen LogP contribution < -0.4 is 21.0 Å². The van der Waals surface area contributed by atoms with Crippen LogP contribution >= 0.6 is 0 Å². The zero-order valence-electron chi connectivity index (χ0n) is 16.8. The van der Waals surface area contributed by atoms with Crippen molar-refractivity contribution >= 4 is 28.8 Å². The minimum atomic E-state index is -1.42. The Hall–Kier alpha value is -3.82. The lowest BCUT2D eigenvalue weighted by Crippen LogP contribution is -2.43. The number of hydrogen-bond donors (Lipinski definition) is 3. The molecule has 0 unspecified atom stereocenters. The number of H-pyrrole nitrogens is 1. The second kappa shape index (κ2) is 7.46. The predicted octanol–water partition coefficient (Wildman–Crippen LogP) is 2.40. The molecule has 31 heavy (non-hydrogen) atoms. The number of aromatic nitrogens is 2. The van der Waals surface area contributed by atoms with E-state index in [0.717, 1.165) is 12.1 Å². The molecule has 1 fully saturated rings. The SMILES string of the molecule is CC(C)(NC(=O)c1c[nH]c2nc(N3CCNC3=O)ccc2c1=O)c1c(F)cccc1F. The van der Waals surface area contributed by atoms with Crippen LogP contribution in [-0.2, 0) is 5.54 Å². The van der Waals surface area contributed by atoms with Crippen LogP contribution in [0.25, 0.3) is 11.0 Å². The number of halogens is 2. The summed E-state index contributed by atoms with van der Waals surface area (Å²) in [6.07, 6.45) is 1.19. The van der Waals surface area contributed by atoms with Gasteiger partial charge in [-0.15, -0.1) is 0 Å². The van der Waals surface area contributed by atoms with E-state index >= 15 is 0 Å². The van der Waals surface area contributed by atoms with Gasteiger partial charge in [0.25, 0.3) is 5.91 Å². The number of hydrogen-bond acceptors (Lipinski definition) is 4. The van der Waals surface area contributed by atoms with Crippen LogP contribution in [0.1, 0.15) is 29.8 Å². The van der Waals surface area contributed by atoms with Gasteiger partial charge in [0.1, 0.15) is 28.7 Å². The monoisotopic (exact) mass is 427 g/mol. The van der Waals surface area contributed by atoms with Crippen molar-refractivity contribution in [2.24, 2.45) is 0 Å². The minimum Gasteiger partial charge on any atom is -0.345 e. The number of aromatic amines is 1. The lowest BCUT2D eigenvalue weighted by atomic mass is 9.92. The molecule has 0 bridgehead atoms. The number of benzene rings is 1. The first kappa shape index (κ1) is 20.5. The van der Waals surface area contributed by atoms with Crippen LogP contribution in [0.5, 0.6) is 0 Å². The normalized spacial score (nSPS) is 14.1. The smallest absolute Gasteiger partial charge is 0.323 e. The summed E-state index contributed by atoms with van der Waals surface area (Å²) in [5.41, 5.74) is -2.35. The van der Waals surface area contributed by atoms with Crippen LogP contribution in [-0.4, -0.2) is 35.0 Å². The molecule has 160 valence electrons. The fraction of sp³-hybridized carbons (Fsp3) is 0.238. The fourth-order valence-corrected chi connectivity index (χ4v) is 3.61. The van der Waals surface area contributed by atoms with Gasteiger partial charge in [-0.25, -0.2) is 18.6 Å². The number of rotatable bonds is 4. The van der Waals surface area contributed by atoms with E-state index in [1.54, 1.807) is 0 Å². The summed E-state index contributed by atoms with van der Waals surface area (Å²) in [7, 11) is 0. The van der Waals surface area contributed by atoms with Gasteiger partial charge in [0, 0.05) is 24.8 Å². The third kappa shape index (κ3) is 3.60. The summed E-state index contributed by atoms with van der Waals surface area (Å²) in [6.45, 7) is 3.82. The molecule has 4 rings (SSSR count). The van der Waals surface area contributed by atoms with Crippen molar-refractivity contribution in [2.75, 3.05) is 18.0 Å². The predicted molar refractivity (Wildman–Crippen MR) is 110 cm³/mol. The van der Waals surface area contributed by atoms with Crippen molar-refractivity contribution in [3.63, 3.8) is 0 Å². The van der Waals surface area contributed by atoms with Crippen molar-refractivity contribution in [1.29, 1.82) is 0 Å². The number of urea groups is 1. The van der Waals surface area contributed by atoms with E-state index in [-0.39, 0.29) is 28.2 Å². The number of pyridine rings is 2. The van der Waals surface area contributed by atoms with E-state index in [0.29, 0.717) is 18.9 Å². The standard InChI is InChI=1S/C21H19F2N5O3/c1-21(2,16-13(22)4-3-5-14(16)23)27-19(30)12-10-25-18-11(17(12)29)6-7-15(26-18)28-9-8-24-20(28)31/h3-7,10H,8-9H2,1-2H3,(H,24,31)(H,27,30)(H,25,26,29). The molecule has 0 spiro atoms. The van der Waals surface area contributed by atoms with Gasteiger partial charge in [-0.3, -0.25) is 14.5 Å². The average molecular weight is 427 g/mol. The Morgan fingerprint density at radius 1 is 1.16 bits per heavy atom. The summed E-state index contributed by atoms with van der Waals surface area (Å²) >= 11 is 0. The molecule has 0 saturated carbocycles. The Balaban J connectivity index is 1.66. The number of nitrogens with zero attached hydrogens (tertiary/aromatic N) is 2. The highest BCUT2D eigenvalue weighted by molar-refractivity contribution is 5.98. The fourth-order valence-electron chi connectivity index (χ4n) is 3.61. The van der Waals surface area contributed by atoms with Crippen molar-refractivity contribution in [2.45, 2.75) is 19.4 Å². The van der Waals surface area contributed by atoms with Gasteiger partial charge in [-0.05, 0) is 38.1 Å². The van der Waals surface area contributed by atoms with Crippen molar-refractivity contribution in [3.05, 3.63) is 69.5 Å². The number of carbonyl (C=O) groups excluding carboxylic acids is 2. The van der Waals surface area contributed by atoms with Gasteiger partial charge < -0.3 is 15.6 Å². The third-order valence-electron chi connectivity index (χ3n) is 5.11. The molecule has 1 aliphatic heterocycles. The van der Waals surface area contributed by atoms with Crippen LogP contribution in [0.2, 0.25) is 0 Å². The molecule has 1 aromatic carbocycles. The molecule has 3 aromatic rings. The van der Waals surface area contributed by atoms with E-state index < -0.39 is 28.5 Å². The molecule has 0 radical (unpaired) electrons. The Morgan fingerprint density at radius 3 is 2.52 bits per heavy atom. The van der Waals surface area contributed by atoms with Crippen molar-refractivity contribution in [3.8, 4) is 0 Å². The van der Waals surface area contributed by atoms with E-state index in [1.165, 1.54) is 43.1 Å². The van der Waals surface area contributed by atoms with E-state index in [1.807, 2.05) is 0 Å². The summed E-state index contributed by atoms with van der Waals surface area (Å²) in [6, 6.07) is 6.13. The van der Waals surface area contributed by atoms with Crippen LogP contribution in [0, 0.1) is 11.6 Å². The Kier molecular flexibility index (Phi) is 4.92. The second-order valence-corrected chi connectivity index (χ2v) is 7.66. The van der Waals surface area contributed by atoms with Gasteiger partial charge >= 0.3 is 6.03 Å². The molecule has 8 nitrogen and oxygen atoms in total. The van der Waals surface area contributed by atoms with E-state index in [9.17, 15) is 23.2 Å². The average Bonchev–Trinajstić information content (AvgIpc) is 3.13. The summed E-state index contributed by atoms with van der Waals surface area (Å²) < 4.78 is 28.4. The zero-order valence-corrected chi connectivity index (χ0v) is 16.8. The number of fused-ring (bicyclic) bond motifs is 1. The first-order chi connectivity index (χ1) is 14.7. The minimum absolute atomic E-state index is 0.144. The topological polar surface area (TPSA) is 107 Å². The van der Waals surface area contributed by atoms with Crippen LogP contribution in [0.4, 0.5) is 19.4 Å². The van der Waals surface area contributed by atoms with Gasteiger partial charge in [0.2, 0.25) is 5.43 Å². The molecular formula is C21H19F2N5O3. The Morgan fingerprint density at radius 2 is 1.87 bits per heavy atom.